The summed E-state index contributed by atoms with van der Waals surface area (Å²) >= 11 is 0. The average molecular weight is 365 g/mol. The first-order valence-electron chi connectivity index (χ1n) is 7.47. The Bertz CT molecular complexity index is 645. The smallest absolute Gasteiger partial charge is 0.427 e. The number of carbonyl (C=O) groups excluding carboxylic acids is 2. The highest BCUT2D eigenvalue weighted by Gasteiger charge is 2.70. The summed E-state index contributed by atoms with van der Waals surface area (Å²) in [6.07, 6.45) is -2.38. The van der Waals surface area contributed by atoms with Gasteiger partial charge in [0.05, 0.1) is 13.2 Å². The monoisotopic (exact) mass is 365 g/mol. The van der Waals surface area contributed by atoms with Gasteiger partial charge < -0.3 is 14.2 Å². The number of esters is 1. The van der Waals surface area contributed by atoms with Crippen LogP contribution in [0, 0.1) is 0 Å². The fraction of sp³-hybridized carbons (Fsp3) is 0.857. The molecule has 0 aromatic carbocycles. The molecule has 10 heteroatoms. The zero-order chi connectivity index (χ0) is 18.6. The maximum atomic E-state index is 12.7. The lowest BCUT2D eigenvalue weighted by atomic mass is 9.95. The van der Waals surface area contributed by atoms with Crippen molar-refractivity contribution in [2.75, 3.05) is 13.2 Å². The quantitative estimate of drug-likeness (QED) is 0.633. The molecule has 0 aromatic rings. The zero-order valence-electron chi connectivity index (χ0n) is 14.6. The number of hydrogen-bond donors (Lipinski definition) is 0. The van der Waals surface area contributed by atoms with E-state index in [0.717, 1.165) is 0 Å². The molecule has 0 saturated carbocycles. The first-order chi connectivity index (χ1) is 10.7. The highest BCUT2D eigenvalue weighted by Crippen LogP contribution is 2.42. The fourth-order valence-corrected chi connectivity index (χ4v) is 3.89. The summed E-state index contributed by atoms with van der Waals surface area (Å²) in [5, 5.41) is 0. The highest BCUT2D eigenvalue weighted by atomic mass is 32.2. The Labute approximate surface area is 141 Å². The van der Waals surface area contributed by atoms with Gasteiger partial charge in [-0.25, -0.2) is 13.8 Å². The van der Waals surface area contributed by atoms with Crippen LogP contribution in [0.4, 0.5) is 4.79 Å². The third kappa shape index (κ3) is 3.35. The van der Waals surface area contributed by atoms with Crippen LogP contribution in [0.3, 0.4) is 0 Å². The second kappa shape index (κ2) is 5.57. The van der Waals surface area contributed by atoms with Crippen molar-refractivity contribution in [2.24, 2.45) is 0 Å². The number of nitrogens with zero attached hydrogens (tertiary/aromatic N) is 1. The summed E-state index contributed by atoms with van der Waals surface area (Å²) in [7, 11) is -4.50. The van der Waals surface area contributed by atoms with Crippen molar-refractivity contribution in [3.8, 4) is 0 Å². The van der Waals surface area contributed by atoms with Crippen LogP contribution in [0.25, 0.3) is 0 Å². The minimum absolute atomic E-state index is 0.155. The molecule has 0 radical (unpaired) electrons. The SMILES string of the molecule is CC(C)(C)OC(=O)N1[C@]2(C(=O)OC(C)(C)C)COC[C@@H]2OS1(=O)=O. The van der Waals surface area contributed by atoms with Crippen LogP contribution in [0.1, 0.15) is 41.5 Å². The van der Waals surface area contributed by atoms with Crippen molar-refractivity contribution in [3.05, 3.63) is 0 Å². The van der Waals surface area contributed by atoms with Crippen LogP contribution >= 0.6 is 0 Å². The van der Waals surface area contributed by atoms with Crippen LogP contribution in [0.15, 0.2) is 0 Å². The van der Waals surface area contributed by atoms with Gasteiger partial charge in [0.2, 0.25) is 5.54 Å². The van der Waals surface area contributed by atoms with Crippen molar-refractivity contribution >= 4 is 22.4 Å². The molecule has 0 bridgehead atoms. The first kappa shape index (κ1) is 18.9. The Balaban J connectivity index is 2.47. The molecule has 0 spiro atoms. The van der Waals surface area contributed by atoms with E-state index in [9.17, 15) is 18.0 Å². The summed E-state index contributed by atoms with van der Waals surface area (Å²) in [4.78, 5) is 25.2. The van der Waals surface area contributed by atoms with E-state index in [-0.39, 0.29) is 13.2 Å². The van der Waals surface area contributed by atoms with Gasteiger partial charge in [-0.05, 0) is 41.5 Å². The van der Waals surface area contributed by atoms with Crippen molar-refractivity contribution < 1.29 is 36.4 Å². The van der Waals surface area contributed by atoms with Crippen molar-refractivity contribution in [1.29, 1.82) is 0 Å². The van der Waals surface area contributed by atoms with Gasteiger partial charge in [-0.15, -0.1) is 0 Å². The second-order valence-corrected chi connectivity index (χ2v) is 9.14. The van der Waals surface area contributed by atoms with E-state index < -0.39 is 45.2 Å². The molecule has 0 aromatic heterocycles. The molecule has 1 amide bonds. The standard InChI is InChI=1S/C14H23NO8S/c1-12(2,3)21-10(16)14-8-20-7-9(14)23-24(18,19)15(14)11(17)22-13(4,5)6/h9H,7-8H2,1-6H3/t9-,14+/m0/s1. The highest BCUT2D eigenvalue weighted by molar-refractivity contribution is 7.85. The van der Waals surface area contributed by atoms with Crippen LogP contribution in [-0.4, -0.2) is 60.8 Å². The summed E-state index contributed by atoms with van der Waals surface area (Å²) in [6.45, 7) is 9.13. The van der Waals surface area contributed by atoms with Gasteiger partial charge in [0, 0.05) is 0 Å². The van der Waals surface area contributed by atoms with Crippen LogP contribution < -0.4 is 0 Å². The van der Waals surface area contributed by atoms with E-state index in [1.54, 1.807) is 41.5 Å². The number of rotatable bonds is 1. The molecule has 2 saturated heterocycles. The third-order valence-electron chi connectivity index (χ3n) is 3.26. The van der Waals surface area contributed by atoms with Gasteiger partial charge in [-0.3, -0.25) is 0 Å². The van der Waals surface area contributed by atoms with Crippen molar-refractivity contribution in [2.45, 2.75) is 64.4 Å². The zero-order valence-corrected chi connectivity index (χ0v) is 15.4. The summed E-state index contributed by atoms with van der Waals surface area (Å²) in [5.74, 6) is -0.913. The third-order valence-corrected chi connectivity index (χ3v) is 4.66. The van der Waals surface area contributed by atoms with Gasteiger partial charge in [0.25, 0.3) is 0 Å². The fourth-order valence-electron chi connectivity index (χ4n) is 2.44. The van der Waals surface area contributed by atoms with E-state index >= 15 is 0 Å². The first-order valence-corrected chi connectivity index (χ1v) is 8.83. The van der Waals surface area contributed by atoms with Gasteiger partial charge in [-0.2, -0.15) is 12.7 Å². The van der Waals surface area contributed by atoms with Crippen LogP contribution in [0.5, 0.6) is 0 Å². The predicted octanol–water partition coefficient (Wildman–Crippen LogP) is 0.978. The Morgan fingerprint density at radius 1 is 1.08 bits per heavy atom. The number of ether oxygens (including phenoxy) is 3. The number of hydrogen-bond acceptors (Lipinski definition) is 8. The van der Waals surface area contributed by atoms with E-state index in [1.807, 2.05) is 0 Å². The molecule has 0 aliphatic carbocycles. The van der Waals surface area contributed by atoms with E-state index in [0.29, 0.717) is 4.31 Å². The summed E-state index contributed by atoms with van der Waals surface area (Å²) in [5.41, 5.74) is -3.77. The molecule has 2 heterocycles. The normalized spacial score (nSPS) is 29.2. The Kier molecular flexibility index (Phi) is 4.39. The molecule has 2 aliphatic rings. The molecular formula is C14H23NO8S. The van der Waals surface area contributed by atoms with Gasteiger partial charge in [-0.1, -0.05) is 0 Å². The Morgan fingerprint density at radius 3 is 2.12 bits per heavy atom. The molecule has 138 valence electrons. The molecule has 24 heavy (non-hydrogen) atoms. The molecule has 2 rings (SSSR count). The number of carbonyl (C=O) groups is 2. The Morgan fingerprint density at radius 2 is 1.62 bits per heavy atom. The molecule has 2 fully saturated rings. The minimum atomic E-state index is -4.50. The topological polar surface area (TPSA) is 108 Å². The molecule has 9 nitrogen and oxygen atoms in total. The molecule has 2 aliphatic heterocycles. The van der Waals surface area contributed by atoms with Crippen LogP contribution in [-0.2, 0) is 33.5 Å². The van der Waals surface area contributed by atoms with Gasteiger partial charge in [0.15, 0.2) is 0 Å². The lowest BCUT2D eigenvalue weighted by Gasteiger charge is -2.34. The minimum Gasteiger partial charge on any atom is -0.458 e. The summed E-state index contributed by atoms with van der Waals surface area (Å²) < 4.78 is 45.6. The number of amides is 1. The van der Waals surface area contributed by atoms with Gasteiger partial charge in [0.1, 0.15) is 17.3 Å². The number of fused-ring (bicyclic) bond motifs is 1. The van der Waals surface area contributed by atoms with Crippen molar-refractivity contribution in [1.82, 2.24) is 4.31 Å². The van der Waals surface area contributed by atoms with Crippen LogP contribution in [0.2, 0.25) is 0 Å². The lowest BCUT2D eigenvalue weighted by molar-refractivity contribution is -0.167. The maximum absolute atomic E-state index is 12.7. The van der Waals surface area contributed by atoms with Gasteiger partial charge >= 0.3 is 22.4 Å². The van der Waals surface area contributed by atoms with E-state index in [4.69, 9.17) is 18.4 Å². The largest absolute Gasteiger partial charge is 0.458 e. The average Bonchev–Trinajstić information content (AvgIpc) is 2.76. The molecular weight excluding hydrogens is 342 g/mol. The predicted molar refractivity (Wildman–Crippen MR) is 81.3 cm³/mol. The molecule has 2 atom stereocenters. The maximum Gasteiger partial charge on any atom is 0.427 e. The molecule has 0 N–H and O–H groups in total. The van der Waals surface area contributed by atoms with Crippen molar-refractivity contribution in [3.63, 3.8) is 0 Å². The second-order valence-electron chi connectivity index (χ2n) is 7.73. The van der Waals surface area contributed by atoms with E-state index in [2.05, 4.69) is 0 Å². The molecule has 0 unspecified atom stereocenters. The van der Waals surface area contributed by atoms with E-state index in [1.165, 1.54) is 0 Å². The summed E-state index contributed by atoms with van der Waals surface area (Å²) in [6, 6.07) is 0. The lowest BCUT2D eigenvalue weighted by Crippen LogP contribution is -2.61. The Hall–Kier alpha value is -1.39.